The Kier molecular flexibility index (Phi) is 33.1. The molecule has 16 heterocycles. The molecule has 744 valence electrons. The van der Waals surface area contributed by atoms with Crippen LogP contribution in [-0.4, -0.2) is 233 Å². The molecular formula is C96H121N31O14. The number of aryl methyl sites for hydroxylation is 4. The zero-order valence-electron chi connectivity index (χ0n) is 80.8. The molecule has 4 aliphatic rings. The van der Waals surface area contributed by atoms with Crippen LogP contribution in [0.3, 0.4) is 0 Å². The third-order valence-electron chi connectivity index (χ3n) is 23.9. The summed E-state index contributed by atoms with van der Waals surface area (Å²) in [5.41, 5.74) is 4.19. The lowest BCUT2D eigenvalue weighted by Crippen LogP contribution is -2.40. The number of hydrogen-bond acceptors (Lipinski definition) is 30. The molecule has 4 fully saturated rings. The maximum atomic E-state index is 13.0. The highest BCUT2D eigenvalue weighted by atomic mass is 16.5. The predicted molar refractivity (Wildman–Crippen MR) is 542 cm³/mol. The lowest BCUT2D eigenvalue weighted by atomic mass is 10.2. The lowest BCUT2D eigenvalue weighted by Gasteiger charge is -2.26. The van der Waals surface area contributed by atoms with Crippen molar-refractivity contribution in [1.29, 1.82) is 0 Å². The fourth-order valence-electron chi connectivity index (χ4n) is 16.3. The largest absolute Gasteiger partial charge is 0.383 e. The van der Waals surface area contributed by atoms with Crippen LogP contribution in [0.1, 0.15) is 123 Å². The SMILES string of the molecule is C=CCn1c(=O)c2[nH]c(-c3ccc(NCCOC)nc3)nc2n(CC=C)c1=O.CCCn1c(=O)c2[nH]c(-c3ccc(NCCOC)nc3)nc2n(CCC)c1=O.CCCn1c(=O)n(C2CC2)c(=O)c2[nH]c(-c3ccc(NC)nc3)nc21.CCCn1c(=O)n(C2CC2)c(=O)c2[nH]c(-c3ccc(NCCN4CCOCC4)nc3)nc21.CCCn1c(=O)n(C2CC2)c(=O)c2[nH]c(-c3ccc(NCCOC)nc3)nc21. The third-order valence-corrected chi connectivity index (χ3v) is 23.9. The highest BCUT2D eigenvalue weighted by Gasteiger charge is 2.34. The van der Waals surface area contributed by atoms with Crippen molar-refractivity contribution in [2.45, 2.75) is 169 Å². The number of hydrogen-bond donors (Lipinski definition) is 10. The summed E-state index contributed by atoms with van der Waals surface area (Å²) in [4.78, 5) is 190. The van der Waals surface area contributed by atoms with E-state index in [9.17, 15) is 47.9 Å². The number of morpholine rings is 1. The monoisotopic (exact) mass is 1930 g/mol. The van der Waals surface area contributed by atoms with Crippen molar-refractivity contribution in [2.24, 2.45) is 0 Å². The Balaban J connectivity index is 0.000000133. The molecule has 1 aliphatic heterocycles. The number of ether oxygens (including phenoxy) is 4. The van der Waals surface area contributed by atoms with Gasteiger partial charge in [-0.3, -0.25) is 74.5 Å². The van der Waals surface area contributed by atoms with Crippen molar-refractivity contribution in [2.75, 3.05) is 134 Å². The number of aromatic amines is 5. The number of allylic oxidation sites excluding steroid dienone is 2. The summed E-state index contributed by atoms with van der Waals surface area (Å²) in [6.45, 7) is 29.0. The number of H-pyrrole nitrogens is 5. The van der Waals surface area contributed by atoms with Crippen molar-refractivity contribution in [3.05, 3.63) is 221 Å². The molecule has 3 saturated carbocycles. The molecule has 15 aromatic rings. The highest BCUT2D eigenvalue weighted by molar-refractivity contribution is 5.80. The van der Waals surface area contributed by atoms with Crippen LogP contribution in [0.2, 0.25) is 0 Å². The second kappa shape index (κ2) is 46.5. The van der Waals surface area contributed by atoms with Gasteiger partial charge < -0.3 is 70.5 Å². The van der Waals surface area contributed by atoms with Crippen molar-refractivity contribution in [3.8, 4) is 56.9 Å². The summed E-state index contributed by atoms with van der Waals surface area (Å²) in [5.74, 6) is 6.28. The molecule has 141 heavy (non-hydrogen) atoms. The maximum absolute atomic E-state index is 13.0. The number of rotatable bonds is 39. The van der Waals surface area contributed by atoms with E-state index in [2.05, 4.69) is 119 Å². The first-order valence-corrected chi connectivity index (χ1v) is 47.8. The van der Waals surface area contributed by atoms with Gasteiger partial charge in [0.2, 0.25) is 0 Å². The number of nitrogens with one attached hydrogen (secondary N) is 10. The quantitative estimate of drug-likeness (QED) is 0.0128. The zero-order chi connectivity index (χ0) is 99.5. The van der Waals surface area contributed by atoms with Gasteiger partial charge >= 0.3 is 28.4 Å². The lowest BCUT2D eigenvalue weighted by molar-refractivity contribution is 0.0398. The summed E-state index contributed by atoms with van der Waals surface area (Å²) >= 11 is 0. The number of imidazole rings is 5. The van der Waals surface area contributed by atoms with Crippen LogP contribution < -0.4 is 82.8 Å². The normalized spacial score (nSPS) is 13.6. The Bertz CT molecular complexity index is 7560. The molecule has 1 saturated heterocycles. The van der Waals surface area contributed by atoms with E-state index in [1.165, 1.54) is 28.9 Å². The summed E-state index contributed by atoms with van der Waals surface area (Å²) in [6, 6.07) is 18.7. The summed E-state index contributed by atoms with van der Waals surface area (Å²) in [6.07, 6.45) is 20.6. The Hall–Kier alpha value is -15.2. The fraction of sp³-hybridized carbons (Fsp3) is 0.438. The van der Waals surface area contributed by atoms with Crippen molar-refractivity contribution in [3.63, 3.8) is 0 Å². The number of anilines is 5. The molecule has 0 unspecified atom stereocenters. The van der Waals surface area contributed by atoms with E-state index in [1.807, 2.05) is 95.3 Å². The van der Waals surface area contributed by atoms with E-state index in [-0.39, 0.29) is 87.4 Å². The van der Waals surface area contributed by atoms with E-state index in [4.69, 9.17) is 18.9 Å². The van der Waals surface area contributed by atoms with Crippen LogP contribution in [0, 0.1) is 0 Å². The van der Waals surface area contributed by atoms with Crippen LogP contribution in [0.5, 0.6) is 0 Å². The minimum absolute atomic E-state index is 0.0124. The molecule has 0 aromatic carbocycles. The van der Waals surface area contributed by atoms with Gasteiger partial charge in [0.25, 0.3) is 27.8 Å². The smallest absolute Gasteiger partial charge is 0.333 e. The van der Waals surface area contributed by atoms with E-state index >= 15 is 0 Å². The molecule has 0 atom stereocenters. The molecule has 15 aromatic heterocycles. The van der Waals surface area contributed by atoms with Crippen molar-refractivity contribution in [1.82, 2.24) is 125 Å². The van der Waals surface area contributed by atoms with Gasteiger partial charge in [0.15, 0.2) is 28.2 Å². The van der Waals surface area contributed by atoms with Gasteiger partial charge in [0.1, 0.15) is 85.8 Å². The summed E-state index contributed by atoms with van der Waals surface area (Å²) in [7, 11) is 6.73. The van der Waals surface area contributed by atoms with Crippen LogP contribution in [-0.2, 0) is 64.8 Å². The van der Waals surface area contributed by atoms with Gasteiger partial charge in [0, 0.05) is 197 Å². The van der Waals surface area contributed by atoms with Crippen LogP contribution in [0.15, 0.2) is 165 Å². The van der Waals surface area contributed by atoms with E-state index in [0.29, 0.717) is 164 Å². The van der Waals surface area contributed by atoms with Crippen molar-refractivity contribution < 1.29 is 18.9 Å². The first-order chi connectivity index (χ1) is 68.6. The van der Waals surface area contributed by atoms with Gasteiger partial charge in [-0.15, -0.1) is 13.2 Å². The minimum Gasteiger partial charge on any atom is -0.383 e. The molecule has 0 spiro atoms. The second-order valence-electron chi connectivity index (χ2n) is 34.3. The van der Waals surface area contributed by atoms with E-state index < -0.39 is 11.2 Å². The van der Waals surface area contributed by atoms with E-state index in [0.717, 1.165) is 154 Å². The van der Waals surface area contributed by atoms with Gasteiger partial charge in [-0.1, -0.05) is 46.8 Å². The van der Waals surface area contributed by atoms with Crippen molar-refractivity contribution >= 4 is 84.9 Å². The highest BCUT2D eigenvalue weighted by Crippen LogP contribution is 2.35. The topological polar surface area (TPSA) is 528 Å². The Morgan fingerprint density at radius 2 is 0.617 bits per heavy atom. The van der Waals surface area contributed by atoms with Crippen LogP contribution >= 0.6 is 0 Å². The Morgan fingerprint density at radius 1 is 0.348 bits per heavy atom. The van der Waals surface area contributed by atoms with Gasteiger partial charge in [-0.2, -0.15) is 0 Å². The second-order valence-corrected chi connectivity index (χ2v) is 34.3. The maximum Gasteiger partial charge on any atom is 0.333 e. The molecule has 10 N–H and O–H groups in total. The third kappa shape index (κ3) is 22.7. The molecule has 0 amide bonds. The van der Waals surface area contributed by atoms with E-state index in [1.54, 1.807) is 83.7 Å². The Labute approximate surface area is 806 Å². The first-order valence-electron chi connectivity index (χ1n) is 47.8. The first kappa shape index (κ1) is 100. The number of methoxy groups -OCH3 is 3. The standard InChI is InChI=1S/C22H29N7O3.C19H24N6O3.C19H26N6O3.C19H22N6O3.C17H20N6O2/c1-2-8-28-20-18(21(30)29(22(28)31)16-4-5-16)25-19(26-20)15-3-6-17(24-14-15)23-7-9-27-10-12-32-13-11-27;1-3-9-24-17-15(18(26)25(19(24)27)13-5-6-13)22-16(23-17)12-4-7-14(21-11-12)20-8-10-28-2;2*1-4-9-24-17-15(18(26)25(10-5-2)19(24)27)22-16(23-17)13-6-7-14(21-12-13)20-8-11-28-3;1-3-8-22-15-13(16(24)23(17(22)25)11-5-6-11)20-14(21-15)10-4-7-12(18-2)19-9-10/h3,6,14,16H,2,4-5,7-13H2,1H3,(H,23,24)(H,25,26);4,7,11,13H,3,5-6,8-10H2,1-2H3,(H,20,21)(H,22,23);6-7,12H,4-5,8-11H2,1-3H3,(H,20,21)(H,22,23);4-7,12H,1-2,8-11H2,3H3,(H,20,21)(H,22,23);4,7,9,11H,3,5-6,8H2,1-2H3,(H,18,19)(H,20,21). The van der Waals surface area contributed by atoms with Crippen LogP contribution in [0.25, 0.3) is 113 Å². The molecule has 3 aliphatic carbocycles. The molecule has 45 heteroatoms. The average molecular weight is 1930 g/mol. The zero-order valence-corrected chi connectivity index (χ0v) is 80.8. The fourth-order valence-corrected chi connectivity index (χ4v) is 16.3. The van der Waals surface area contributed by atoms with Gasteiger partial charge in [0.05, 0.1) is 33.0 Å². The molecular weight excluding hydrogens is 1810 g/mol. The Morgan fingerprint density at radius 3 is 0.901 bits per heavy atom. The number of nitrogens with zero attached hydrogens (tertiary/aromatic N) is 21. The van der Waals surface area contributed by atoms with Gasteiger partial charge in [-0.25, -0.2) is 73.8 Å². The average Bonchev–Trinajstić information content (AvgIpc) is 1.65. The van der Waals surface area contributed by atoms with Gasteiger partial charge in [-0.05, 0) is 131 Å². The molecule has 45 nitrogen and oxygen atoms in total. The minimum atomic E-state index is -0.453. The summed E-state index contributed by atoms with van der Waals surface area (Å²) in [5, 5.41) is 15.7. The number of aromatic nitrogens is 25. The molecule has 19 rings (SSSR count). The predicted octanol–water partition coefficient (Wildman–Crippen LogP) is 8.13. The number of pyridine rings is 5. The summed E-state index contributed by atoms with van der Waals surface area (Å²) < 4.78 is 34.7. The van der Waals surface area contributed by atoms with Crippen LogP contribution in [0.4, 0.5) is 29.1 Å². The number of fused-ring (bicyclic) bond motifs is 5. The molecule has 0 radical (unpaired) electrons. The molecule has 0 bridgehead atoms.